The molecule has 5 heteroatoms. The van der Waals surface area contributed by atoms with Crippen LogP contribution < -0.4 is 4.74 Å². The summed E-state index contributed by atoms with van der Waals surface area (Å²) < 4.78 is 6.32. The lowest BCUT2D eigenvalue weighted by atomic mass is 9.63. The average Bonchev–Trinajstić information content (AvgIpc) is 3.21. The highest BCUT2D eigenvalue weighted by atomic mass is 16.5. The van der Waals surface area contributed by atoms with E-state index in [2.05, 4.69) is 62.7 Å². The molecule has 2 atom stereocenters. The maximum Gasteiger partial charge on any atom is 0.304 e. The summed E-state index contributed by atoms with van der Waals surface area (Å²) in [5.74, 6) is 0.566. The molecule has 0 bridgehead atoms. The summed E-state index contributed by atoms with van der Waals surface area (Å²) in [7, 11) is 1.97. The summed E-state index contributed by atoms with van der Waals surface area (Å²) in [5, 5.41) is 9.45. The predicted octanol–water partition coefficient (Wildman–Crippen LogP) is 6.08. The van der Waals surface area contributed by atoms with Crippen LogP contribution in [0.4, 0.5) is 0 Å². The quantitative estimate of drug-likeness (QED) is 0.542. The van der Waals surface area contributed by atoms with E-state index in [4.69, 9.17) is 4.74 Å². The Hall–Kier alpha value is -2.82. The fourth-order valence-corrected chi connectivity index (χ4v) is 5.37. The number of fused-ring (bicyclic) bond motifs is 1. The highest BCUT2D eigenvalue weighted by Crippen LogP contribution is 2.46. The van der Waals surface area contributed by atoms with Crippen molar-refractivity contribution in [1.29, 1.82) is 0 Å². The molecule has 0 unspecified atom stereocenters. The molecule has 0 saturated heterocycles. The first-order chi connectivity index (χ1) is 16.0. The lowest BCUT2D eigenvalue weighted by Gasteiger charge is -2.42. The minimum Gasteiger partial charge on any atom is -0.486 e. The standard InChI is InChI=1S/C29H38N2O3/c1-19(21-9-12-24-25(17-21)29(4,5)14-13-28(24,2)3)34-22-10-7-20(8-11-22)23(18-26(32)33)27-30-15-16-31(27)6/h7-12,17,19,23H,13-16,18H2,1-6H3,(H,32,33)/t19-,23-/m0/s1. The van der Waals surface area contributed by atoms with Gasteiger partial charge in [0.25, 0.3) is 0 Å². The van der Waals surface area contributed by atoms with Gasteiger partial charge in [-0.05, 0) is 65.0 Å². The van der Waals surface area contributed by atoms with Gasteiger partial charge >= 0.3 is 5.97 Å². The third kappa shape index (κ3) is 4.84. The minimum atomic E-state index is -0.819. The number of hydrogen-bond acceptors (Lipinski definition) is 4. The minimum absolute atomic E-state index is 0.0288. The van der Waals surface area contributed by atoms with Gasteiger partial charge in [-0.2, -0.15) is 0 Å². The number of rotatable bonds is 7. The Morgan fingerprint density at radius 1 is 1.03 bits per heavy atom. The Morgan fingerprint density at radius 3 is 2.24 bits per heavy atom. The van der Waals surface area contributed by atoms with E-state index in [0.29, 0.717) is 0 Å². The zero-order chi connectivity index (χ0) is 24.7. The first-order valence-corrected chi connectivity index (χ1v) is 12.4. The first kappa shape index (κ1) is 24.3. The van der Waals surface area contributed by atoms with Gasteiger partial charge in [-0.15, -0.1) is 0 Å². The third-order valence-electron chi connectivity index (χ3n) is 7.73. The molecule has 0 aromatic heterocycles. The summed E-state index contributed by atoms with van der Waals surface area (Å²) in [6.07, 6.45) is 2.33. The number of carboxylic acids is 1. The van der Waals surface area contributed by atoms with E-state index in [1.807, 2.05) is 31.3 Å². The number of amidine groups is 1. The van der Waals surface area contributed by atoms with E-state index >= 15 is 0 Å². The van der Waals surface area contributed by atoms with Crippen molar-refractivity contribution in [3.63, 3.8) is 0 Å². The molecule has 0 amide bonds. The van der Waals surface area contributed by atoms with E-state index in [-0.39, 0.29) is 29.3 Å². The predicted molar refractivity (Wildman–Crippen MR) is 137 cm³/mol. The van der Waals surface area contributed by atoms with Gasteiger partial charge in [-0.3, -0.25) is 9.79 Å². The molecule has 0 spiro atoms. The highest BCUT2D eigenvalue weighted by Gasteiger charge is 2.37. The summed E-state index contributed by atoms with van der Waals surface area (Å²) in [5.41, 5.74) is 5.38. The van der Waals surface area contributed by atoms with Gasteiger partial charge in [-0.1, -0.05) is 58.0 Å². The molecule has 0 fully saturated rings. The summed E-state index contributed by atoms with van der Waals surface area (Å²) in [6, 6.07) is 14.7. The molecule has 4 rings (SSSR count). The van der Waals surface area contributed by atoms with Gasteiger partial charge in [0, 0.05) is 13.6 Å². The molecule has 1 aliphatic heterocycles. The molecule has 0 radical (unpaired) electrons. The van der Waals surface area contributed by atoms with Crippen LogP contribution in [-0.2, 0) is 15.6 Å². The van der Waals surface area contributed by atoms with E-state index in [0.717, 1.165) is 30.2 Å². The van der Waals surface area contributed by atoms with Crippen molar-refractivity contribution in [3.05, 3.63) is 64.7 Å². The topological polar surface area (TPSA) is 62.1 Å². The smallest absolute Gasteiger partial charge is 0.304 e. The van der Waals surface area contributed by atoms with Crippen molar-refractivity contribution in [2.45, 2.75) is 76.7 Å². The Bertz CT molecular complexity index is 1090. The van der Waals surface area contributed by atoms with Crippen LogP contribution in [0, 0.1) is 0 Å². The van der Waals surface area contributed by atoms with Crippen LogP contribution in [0.15, 0.2) is 47.5 Å². The van der Waals surface area contributed by atoms with E-state index < -0.39 is 5.97 Å². The largest absolute Gasteiger partial charge is 0.486 e. The number of carboxylic acid groups (broad SMARTS) is 1. The second-order valence-corrected chi connectivity index (χ2v) is 11.2. The van der Waals surface area contributed by atoms with E-state index in [1.165, 1.54) is 29.5 Å². The van der Waals surface area contributed by atoms with Crippen LogP contribution in [0.1, 0.15) is 88.2 Å². The normalized spacial score (nSPS) is 20.3. The molecule has 2 aromatic rings. The zero-order valence-electron chi connectivity index (χ0n) is 21.4. The zero-order valence-corrected chi connectivity index (χ0v) is 21.4. The van der Waals surface area contributed by atoms with Crippen molar-refractivity contribution in [3.8, 4) is 5.75 Å². The Kier molecular flexibility index (Phi) is 6.50. The van der Waals surface area contributed by atoms with Crippen molar-refractivity contribution >= 4 is 11.8 Å². The Morgan fingerprint density at radius 2 is 1.65 bits per heavy atom. The second-order valence-electron chi connectivity index (χ2n) is 11.2. The highest BCUT2D eigenvalue weighted by molar-refractivity contribution is 5.93. The molecular weight excluding hydrogens is 424 g/mol. The molecule has 2 aromatic carbocycles. The van der Waals surface area contributed by atoms with Crippen molar-refractivity contribution in [2.75, 3.05) is 20.1 Å². The Balaban J connectivity index is 1.53. The number of carbonyl (C=O) groups is 1. The van der Waals surface area contributed by atoms with Crippen LogP contribution in [0.3, 0.4) is 0 Å². The van der Waals surface area contributed by atoms with Gasteiger partial charge in [0.15, 0.2) is 0 Å². The summed E-state index contributed by atoms with van der Waals surface area (Å²) >= 11 is 0. The Labute approximate surface area is 203 Å². The van der Waals surface area contributed by atoms with Crippen LogP contribution in [-0.4, -0.2) is 41.9 Å². The second kappa shape index (κ2) is 9.09. The SMILES string of the molecule is C[C@H](Oc1ccc([C@H](CC(=O)O)C2=NCCN2C)cc1)c1ccc2c(c1)C(C)(C)CCC2(C)C. The van der Waals surface area contributed by atoms with Crippen molar-refractivity contribution in [1.82, 2.24) is 4.90 Å². The molecular formula is C29H38N2O3. The number of benzene rings is 2. The molecule has 1 heterocycles. The first-order valence-electron chi connectivity index (χ1n) is 12.4. The monoisotopic (exact) mass is 462 g/mol. The van der Waals surface area contributed by atoms with Crippen LogP contribution in [0.25, 0.3) is 0 Å². The van der Waals surface area contributed by atoms with Gasteiger partial charge in [0.05, 0.1) is 18.9 Å². The van der Waals surface area contributed by atoms with E-state index in [1.54, 1.807) is 0 Å². The van der Waals surface area contributed by atoms with Crippen LogP contribution in [0.2, 0.25) is 0 Å². The number of aliphatic carboxylic acids is 1. The van der Waals surface area contributed by atoms with Gasteiger partial charge < -0.3 is 14.7 Å². The number of aliphatic imine (C=N–C) groups is 1. The number of nitrogens with zero attached hydrogens (tertiary/aromatic N) is 2. The fourth-order valence-electron chi connectivity index (χ4n) is 5.37. The lowest BCUT2D eigenvalue weighted by Crippen LogP contribution is -2.34. The van der Waals surface area contributed by atoms with Gasteiger partial charge in [-0.25, -0.2) is 0 Å². The molecule has 1 N–H and O–H groups in total. The van der Waals surface area contributed by atoms with Crippen LogP contribution >= 0.6 is 0 Å². The van der Waals surface area contributed by atoms with Gasteiger partial charge in [0.1, 0.15) is 17.7 Å². The maximum absolute atomic E-state index is 11.5. The number of hydrogen-bond donors (Lipinski definition) is 1. The number of ether oxygens (including phenoxy) is 1. The molecule has 2 aliphatic rings. The van der Waals surface area contributed by atoms with Crippen LogP contribution in [0.5, 0.6) is 5.75 Å². The molecule has 1 aliphatic carbocycles. The average molecular weight is 463 g/mol. The third-order valence-corrected chi connectivity index (χ3v) is 7.73. The van der Waals surface area contributed by atoms with Gasteiger partial charge in [0.2, 0.25) is 0 Å². The molecule has 34 heavy (non-hydrogen) atoms. The number of likely N-dealkylation sites (N-methyl/N-ethyl adjacent to an activating group) is 1. The van der Waals surface area contributed by atoms with E-state index in [9.17, 15) is 9.90 Å². The fraction of sp³-hybridized carbons (Fsp3) is 0.517. The molecule has 182 valence electrons. The molecule has 5 nitrogen and oxygen atoms in total. The molecule has 0 saturated carbocycles. The van der Waals surface area contributed by atoms with Crippen molar-refractivity contribution in [2.24, 2.45) is 4.99 Å². The lowest BCUT2D eigenvalue weighted by molar-refractivity contribution is -0.137. The van der Waals surface area contributed by atoms with Crippen molar-refractivity contribution < 1.29 is 14.6 Å². The summed E-state index contributed by atoms with van der Waals surface area (Å²) in [6.45, 7) is 13.0. The maximum atomic E-state index is 11.5. The summed E-state index contributed by atoms with van der Waals surface area (Å²) in [4.78, 5) is 18.1.